The molecule has 1 amide bonds. The first-order chi connectivity index (χ1) is 35.5. The van der Waals surface area contributed by atoms with Crippen molar-refractivity contribution in [1.29, 1.82) is 0 Å². The van der Waals surface area contributed by atoms with E-state index in [-0.39, 0.29) is 19.1 Å². The number of carbonyl (C=O) groups is 1. The van der Waals surface area contributed by atoms with Crippen LogP contribution in [0.1, 0.15) is 277 Å². The molecule has 0 aromatic rings. The Balaban J connectivity index is 4.21. The average Bonchev–Trinajstić information content (AvgIpc) is 3.35. The summed E-state index contributed by atoms with van der Waals surface area (Å²) in [7, 11) is 1.55. The standard InChI is InChI=1S/C64H119N2O6P/c1-6-8-10-12-14-16-18-20-22-24-26-28-30-32-34-35-37-39-41-43-45-47-49-51-53-55-57-63(67)62(61-72-73(69,70)71-60-59-66(3,4)5)65-64(68)58-56-54-52-50-48-46-44-42-40-38-36-33-31-29-27-25-23-21-19-17-15-13-11-9-7-2/h9,11,15,17,21,23,27,29,47,49,55,57,62-63,67H,6-8,10,12-14,16,18-20,22,24-26,28,30-46,48,50-54,56,58-61H2,1-5H3,(H-,65,68,69,70)/p+1/b11-9-,17-15-,23-21-,29-27-,49-47+,57-55+. The Hall–Kier alpha value is -2.06. The number of carbonyl (C=O) groups excluding carboxylic acids is 1. The number of nitrogens with one attached hydrogen (secondary N) is 1. The van der Waals surface area contributed by atoms with E-state index in [4.69, 9.17) is 9.05 Å². The van der Waals surface area contributed by atoms with Gasteiger partial charge >= 0.3 is 7.82 Å². The zero-order valence-corrected chi connectivity index (χ0v) is 49.5. The molecule has 3 atom stereocenters. The van der Waals surface area contributed by atoms with E-state index in [2.05, 4.69) is 79.9 Å². The molecule has 0 saturated carbocycles. The fourth-order valence-corrected chi connectivity index (χ4v) is 9.61. The van der Waals surface area contributed by atoms with Gasteiger partial charge in [0.2, 0.25) is 5.91 Å². The number of aliphatic hydroxyl groups excluding tert-OH is 1. The third-order valence-electron chi connectivity index (χ3n) is 13.7. The molecule has 8 nitrogen and oxygen atoms in total. The minimum Gasteiger partial charge on any atom is -0.387 e. The molecule has 0 heterocycles. The van der Waals surface area contributed by atoms with Crippen LogP contribution in [-0.4, -0.2) is 73.4 Å². The van der Waals surface area contributed by atoms with Crippen LogP contribution in [0.15, 0.2) is 72.9 Å². The second kappa shape index (κ2) is 54.7. The monoisotopic (exact) mass is 1040 g/mol. The van der Waals surface area contributed by atoms with Crippen molar-refractivity contribution in [2.75, 3.05) is 40.9 Å². The highest BCUT2D eigenvalue weighted by atomic mass is 31.2. The number of amides is 1. The first kappa shape index (κ1) is 70.9. The molecular formula is C64H120N2O6P+. The number of quaternary nitrogens is 1. The average molecular weight is 1040 g/mol. The number of aliphatic hydroxyl groups is 1. The zero-order valence-electron chi connectivity index (χ0n) is 48.6. The van der Waals surface area contributed by atoms with Crippen molar-refractivity contribution in [3.63, 3.8) is 0 Å². The molecule has 0 aliphatic heterocycles. The van der Waals surface area contributed by atoms with E-state index in [1.54, 1.807) is 6.08 Å². The molecule has 3 unspecified atom stereocenters. The molecule has 0 aromatic heterocycles. The molecule has 0 bridgehead atoms. The Kier molecular flexibility index (Phi) is 53.2. The van der Waals surface area contributed by atoms with E-state index in [0.717, 1.165) is 64.2 Å². The fourth-order valence-electron chi connectivity index (χ4n) is 8.87. The lowest BCUT2D eigenvalue weighted by Gasteiger charge is -2.25. The molecule has 73 heavy (non-hydrogen) atoms. The van der Waals surface area contributed by atoms with Gasteiger partial charge < -0.3 is 19.8 Å². The maximum Gasteiger partial charge on any atom is 0.472 e. The van der Waals surface area contributed by atoms with Crippen LogP contribution in [-0.2, 0) is 18.4 Å². The SMILES string of the molecule is CC/C=C\C/C=C\C/C=C\C/C=C\CCCCCCCCCCCCCCC(=O)NC(COP(=O)(O)OCC[N+](C)(C)C)C(O)/C=C/CC/C=C/CCCCCCCCCCCCCCCCCCCCCC. The van der Waals surface area contributed by atoms with Crippen molar-refractivity contribution < 1.29 is 32.9 Å². The van der Waals surface area contributed by atoms with Gasteiger partial charge in [0.15, 0.2) is 0 Å². The second-order valence-corrected chi connectivity index (χ2v) is 23.5. The Morgan fingerprint density at radius 3 is 1.26 bits per heavy atom. The molecule has 0 saturated heterocycles. The number of phosphoric ester groups is 1. The lowest BCUT2D eigenvalue weighted by Crippen LogP contribution is -2.45. The highest BCUT2D eigenvalue weighted by molar-refractivity contribution is 7.47. The number of allylic oxidation sites excluding steroid dienone is 11. The lowest BCUT2D eigenvalue weighted by molar-refractivity contribution is -0.870. The minimum atomic E-state index is -4.36. The molecular weight excluding hydrogens is 924 g/mol. The Labute approximate surface area is 453 Å². The number of rotatable bonds is 56. The van der Waals surface area contributed by atoms with Crippen LogP contribution >= 0.6 is 7.82 Å². The quantitative estimate of drug-likeness (QED) is 0.0243. The summed E-state index contributed by atoms with van der Waals surface area (Å²) in [5, 5.41) is 13.9. The minimum absolute atomic E-state index is 0.0536. The third-order valence-corrected chi connectivity index (χ3v) is 14.6. The van der Waals surface area contributed by atoms with Gasteiger partial charge in [-0.15, -0.1) is 0 Å². The largest absolute Gasteiger partial charge is 0.472 e. The van der Waals surface area contributed by atoms with Gasteiger partial charge in [-0.25, -0.2) is 4.57 Å². The Morgan fingerprint density at radius 2 is 0.836 bits per heavy atom. The van der Waals surface area contributed by atoms with Crippen molar-refractivity contribution in [2.24, 2.45) is 0 Å². The summed E-state index contributed by atoms with van der Waals surface area (Å²) < 4.78 is 23.7. The number of likely N-dealkylation sites (N-methyl/N-ethyl adjacent to an activating group) is 1. The summed E-state index contributed by atoms with van der Waals surface area (Å²) in [6, 6.07) is -0.869. The molecule has 0 aliphatic rings. The van der Waals surface area contributed by atoms with Gasteiger partial charge in [-0.2, -0.15) is 0 Å². The first-order valence-corrected chi connectivity index (χ1v) is 32.3. The summed E-state index contributed by atoms with van der Waals surface area (Å²) in [6.07, 6.45) is 75.9. The van der Waals surface area contributed by atoms with Crippen LogP contribution < -0.4 is 5.32 Å². The highest BCUT2D eigenvalue weighted by Crippen LogP contribution is 2.43. The predicted molar refractivity (Wildman–Crippen MR) is 318 cm³/mol. The Bertz CT molecular complexity index is 1420. The molecule has 3 N–H and O–H groups in total. The van der Waals surface area contributed by atoms with Crippen molar-refractivity contribution in [1.82, 2.24) is 5.32 Å². The number of phosphoric acid groups is 1. The van der Waals surface area contributed by atoms with Gasteiger partial charge in [0.25, 0.3) is 0 Å². The predicted octanol–water partition coefficient (Wildman–Crippen LogP) is 19.0. The maximum absolute atomic E-state index is 13.0. The van der Waals surface area contributed by atoms with Crippen LogP contribution in [0.4, 0.5) is 0 Å². The molecule has 0 fully saturated rings. The van der Waals surface area contributed by atoms with Crippen LogP contribution in [0.2, 0.25) is 0 Å². The van der Waals surface area contributed by atoms with Crippen LogP contribution in [0, 0.1) is 0 Å². The van der Waals surface area contributed by atoms with Crippen molar-refractivity contribution in [3.05, 3.63) is 72.9 Å². The Morgan fingerprint density at radius 1 is 0.479 bits per heavy atom. The molecule has 0 spiro atoms. The highest BCUT2D eigenvalue weighted by Gasteiger charge is 2.27. The third kappa shape index (κ3) is 57.5. The number of hydrogen-bond donors (Lipinski definition) is 3. The molecule has 9 heteroatoms. The maximum atomic E-state index is 13.0. The van der Waals surface area contributed by atoms with Gasteiger partial charge in [-0.05, 0) is 70.6 Å². The van der Waals surface area contributed by atoms with Gasteiger partial charge in [0, 0.05) is 6.42 Å². The van der Waals surface area contributed by atoms with E-state index in [1.165, 1.54) is 193 Å². The van der Waals surface area contributed by atoms with Crippen LogP contribution in [0.5, 0.6) is 0 Å². The van der Waals surface area contributed by atoms with Crippen LogP contribution in [0.3, 0.4) is 0 Å². The van der Waals surface area contributed by atoms with E-state index >= 15 is 0 Å². The van der Waals surface area contributed by atoms with E-state index in [0.29, 0.717) is 17.4 Å². The summed E-state index contributed by atoms with van der Waals surface area (Å²) in [5.74, 6) is -0.189. The fraction of sp³-hybridized carbons (Fsp3) is 0.797. The normalized spacial score (nSPS) is 14.3. The molecule has 0 aliphatic carbocycles. The van der Waals surface area contributed by atoms with Crippen molar-refractivity contribution in [2.45, 2.75) is 289 Å². The topological polar surface area (TPSA) is 105 Å². The number of hydrogen-bond acceptors (Lipinski definition) is 5. The molecule has 0 aromatic carbocycles. The smallest absolute Gasteiger partial charge is 0.387 e. The number of nitrogens with zero attached hydrogens (tertiary/aromatic N) is 1. The van der Waals surface area contributed by atoms with E-state index in [1.807, 2.05) is 27.2 Å². The summed E-state index contributed by atoms with van der Waals surface area (Å²) in [6.45, 7) is 4.71. The zero-order chi connectivity index (χ0) is 53.5. The first-order valence-electron chi connectivity index (χ1n) is 30.8. The van der Waals surface area contributed by atoms with Gasteiger partial charge in [-0.3, -0.25) is 13.8 Å². The summed E-state index contributed by atoms with van der Waals surface area (Å²) in [4.78, 5) is 23.3. The van der Waals surface area contributed by atoms with E-state index < -0.39 is 20.0 Å². The van der Waals surface area contributed by atoms with Gasteiger partial charge in [0.1, 0.15) is 13.2 Å². The van der Waals surface area contributed by atoms with E-state index in [9.17, 15) is 19.4 Å². The molecule has 426 valence electrons. The summed E-state index contributed by atoms with van der Waals surface area (Å²) in [5.41, 5.74) is 0. The van der Waals surface area contributed by atoms with Gasteiger partial charge in [-0.1, -0.05) is 273 Å². The molecule has 0 radical (unpaired) electrons. The van der Waals surface area contributed by atoms with Gasteiger partial charge in [0.05, 0.1) is 39.9 Å². The van der Waals surface area contributed by atoms with Crippen molar-refractivity contribution in [3.8, 4) is 0 Å². The van der Waals surface area contributed by atoms with Crippen molar-refractivity contribution >= 4 is 13.7 Å². The summed E-state index contributed by atoms with van der Waals surface area (Å²) >= 11 is 0. The second-order valence-electron chi connectivity index (χ2n) is 22.0. The molecule has 0 rings (SSSR count). The lowest BCUT2D eigenvalue weighted by atomic mass is 10.0. The number of unbranched alkanes of at least 4 members (excludes halogenated alkanes) is 33. The van der Waals surface area contributed by atoms with Crippen LogP contribution in [0.25, 0.3) is 0 Å².